The summed E-state index contributed by atoms with van der Waals surface area (Å²) in [4.78, 5) is 11.2. The molecule has 3 heteroatoms. The van der Waals surface area contributed by atoms with E-state index in [2.05, 4.69) is 6.92 Å². The number of rotatable bonds is 2. The number of carbonyl (C=O) groups excluding carboxylic acids is 1. The van der Waals surface area contributed by atoms with Gasteiger partial charge in [0.15, 0.2) is 0 Å². The lowest BCUT2D eigenvalue weighted by Gasteiger charge is -2.39. The lowest BCUT2D eigenvalue weighted by molar-refractivity contribution is 0.0998. The van der Waals surface area contributed by atoms with Gasteiger partial charge in [0.1, 0.15) is 0 Å². The van der Waals surface area contributed by atoms with Crippen LogP contribution in [0.25, 0.3) is 0 Å². The van der Waals surface area contributed by atoms with Crippen LogP contribution in [0.4, 0.5) is 0 Å². The standard InChI is InChI=1S/C11H13NOS/c1-11(6-14-7-11)9-5-3-2-4-8(9)10(12)13/h2-5H,6-7H2,1H3,(H2,12,13). The van der Waals surface area contributed by atoms with Crippen LogP contribution in [0.15, 0.2) is 24.3 Å². The molecule has 0 radical (unpaired) electrons. The van der Waals surface area contributed by atoms with Gasteiger partial charge in [0, 0.05) is 22.5 Å². The van der Waals surface area contributed by atoms with E-state index in [4.69, 9.17) is 5.73 Å². The second-order valence-electron chi connectivity index (χ2n) is 3.96. The Morgan fingerprint density at radius 3 is 2.57 bits per heavy atom. The number of amides is 1. The number of hydrogen-bond donors (Lipinski definition) is 1. The van der Waals surface area contributed by atoms with E-state index < -0.39 is 0 Å². The average Bonchev–Trinajstić information content (AvgIpc) is 2.14. The average molecular weight is 207 g/mol. The molecule has 14 heavy (non-hydrogen) atoms. The van der Waals surface area contributed by atoms with Gasteiger partial charge in [-0.15, -0.1) is 0 Å². The Bertz CT molecular complexity index is 371. The van der Waals surface area contributed by atoms with E-state index in [0.717, 1.165) is 17.1 Å². The van der Waals surface area contributed by atoms with Crippen LogP contribution in [0.3, 0.4) is 0 Å². The Hall–Kier alpha value is -0.960. The Morgan fingerprint density at radius 2 is 2.07 bits per heavy atom. The van der Waals surface area contributed by atoms with Crippen LogP contribution in [-0.2, 0) is 5.41 Å². The maximum absolute atomic E-state index is 11.2. The quantitative estimate of drug-likeness (QED) is 0.803. The summed E-state index contributed by atoms with van der Waals surface area (Å²) in [6, 6.07) is 7.65. The molecule has 2 N–H and O–H groups in total. The van der Waals surface area contributed by atoms with Crippen molar-refractivity contribution in [1.29, 1.82) is 0 Å². The van der Waals surface area contributed by atoms with Gasteiger partial charge in [-0.2, -0.15) is 11.8 Å². The lowest BCUT2D eigenvalue weighted by atomic mass is 9.82. The molecule has 1 aromatic carbocycles. The van der Waals surface area contributed by atoms with Crippen molar-refractivity contribution in [3.63, 3.8) is 0 Å². The van der Waals surface area contributed by atoms with Gasteiger partial charge in [-0.3, -0.25) is 4.79 Å². The molecule has 2 rings (SSSR count). The highest BCUT2D eigenvalue weighted by Crippen LogP contribution is 2.41. The molecule has 0 spiro atoms. The molecule has 0 unspecified atom stereocenters. The third kappa shape index (κ3) is 1.42. The van der Waals surface area contributed by atoms with Crippen LogP contribution >= 0.6 is 11.8 Å². The molecule has 1 fully saturated rings. The molecule has 2 nitrogen and oxygen atoms in total. The van der Waals surface area contributed by atoms with Crippen LogP contribution in [-0.4, -0.2) is 17.4 Å². The van der Waals surface area contributed by atoms with E-state index in [0.29, 0.717) is 5.56 Å². The van der Waals surface area contributed by atoms with Gasteiger partial charge in [0.2, 0.25) is 5.91 Å². The summed E-state index contributed by atoms with van der Waals surface area (Å²) in [7, 11) is 0. The van der Waals surface area contributed by atoms with Gasteiger partial charge in [-0.25, -0.2) is 0 Å². The molecule has 1 aliphatic rings. The first-order valence-electron chi connectivity index (χ1n) is 4.60. The number of benzene rings is 1. The van der Waals surface area contributed by atoms with Crippen LogP contribution in [0.2, 0.25) is 0 Å². The predicted octanol–water partition coefficient (Wildman–Crippen LogP) is 1.79. The number of hydrogen-bond acceptors (Lipinski definition) is 2. The molecule has 0 saturated carbocycles. The third-order valence-corrected chi connectivity index (χ3v) is 4.37. The number of carbonyl (C=O) groups is 1. The summed E-state index contributed by atoms with van der Waals surface area (Å²) in [6.07, 6.45) is 0. The van der Waals surface area contributed by atoms with Crippen molar-refractivity contribution in [2.75, 3.05) is 11.5 Å². The molecule has 1 aromatic rings. The number of nitrogens with two attached hydrogens (primary N) is 1. The summed E-state index contributed by atoms with van der Waals surface area (Å²) < 4.78 is 0. The van der Waals surface area contributed by atoms with Gasteiger partial charge in [0.05, 0.1) is 0 Å². The fourth-order valence-corrected chi connectivity index (χ4v) is 2.92. The first kappa shape index (κ1) is 9.59. The fraction of sp³-hybridized carbons (Fsp3) is 0.364. The Kier molecular flexibility index (Phi) is 2.27. The maximum atomic E-state index is 11.2. The second kappa shape index (κ2) is 3.31. The van der Waals surface area contributed by atoms with E-state index >= 15 is 0 Å². The minimum absolute atomic E-state index is 0.149. The molecular weight excluding hydrogens is 194 g/mol. The minimum Gasteiger partial charge on any atom is -0.366 e. The maximum Gasteiger partial charge on any atom is 0.248 e. The highest BCUT2D eigenvalue weighted by Gasteiger charge is 2.36. The SMILES string of the molecule is CC1(c2ccccc2C(N)=O)CSC1. The molecule has 0 atom stereocenters. The lowest BCUT2D eigenvalue weighted by Crippen LogP contribution is -2.38. The first-order chi connectivity index (χ1) is 6.63. The Balaban J connectivity index is 2.46. The first-order valence-corrected chi connectivity index (χ1v) is 5.76. The van der Waals surface area contributed by atoms with Gasteiger partial charge in [-0.05, 0) is 11.6 Å². The van der Waals surface area contributed by atoms with Gasteiger partial charge in [-0.1, -0.05) is 25.1 Å². The van der Waals surface area contributed by atoms with Crippen molar-refractivity contribution in [1.82, 2.24) is 0 Å². The predicted molar refractivity (Wildman–Crippen MR) is 59.6 cm³/mol. The summed E-state index contributed by atoms with van der Waals surface area (Å²) >= 11 is 1.91. The molecule has 1 aliphatic heterocycles. The molecule has 1 saturated heterocycles. The smallest absolute Gasteiger partial charge is 0.248 e. The largest absolute Gasteiger partial charge is 0.366 e. The normalized spacial score (nSPS) is 18.6. The number of primary amides is 1. The zero-order chi connectivity index (χ0) is 10.2. The monoisotopic (exact) mass is 207 g/mol. The van der Waals surface area contributed by atoms with Crippen molar-refractivity contribution >= 4 is 17.7 Å². The fourth-order valence-electron chi connectivity index (χ4n) is 1.79. The number of thioether (sulfide) groups is 1. The van der Waals surface area contributed by atoms with Crippen LogP contribution in [0, 0.1) is 0 Å². The highest BCUT2D eigenvalue weighted by atomic mass is 32.2. The summed E-state index contributed by atoms with van der Waals surface area (Å²) in [5.41, 5.74) is 7.27. The molecular formula is C11H13NOS. The summed E-state index contributed by atoms with van der Waals surface area (Å²) in [5.74, 6) is 1.84. The van der Waals surface area contributed by atoms with E-state index in [9.17, 15) is 4.79 Å². The zero-order valence-electron chi connectivity index (χ0n) is 8.12. The third-order valence-electron chi connectivity index (χ3n) is 2.68. The highest BCUT2D eigenvalue weighted by molar-refractivity contribution is 8.00. The molecule has 1 heterocycles. The van der Waals surface area contributed by atoms with E-state index in [1.165, 1.54) is 0 Å². The Labute approximate surface area is 87.9 Å². The molecule has 0 aliphatic carbocycles. The van der Waals surface area contributed by atoms with Crippen molar-refractivity contribution in [2.24, 2.45) is 5.73 Å². The van der Waals surface area contributed by atoms with Crippen LogP contribution in [0.1, 0.15) is 22.8 Å². The van der Waals surface area contributed by atoms with Crippen LogP contribution < -0.4 is 5.73 Å². The minimum atomic E-state index is -0.321. The van der Waals surface area contributed by atoms with E-state index in [1.807, 2.05) is 36.0 Å². The van der Waals surface area contributed by atoms with Crippen molar-refractivity contribution in [3.05, 3.63) is 35.4 Å². The van der Waals surface area contributed by atoms with Crippen molar-refractivity contribution < 1.29 is 4.79 Å². The van der Waals surface area contributed by atoms with Gasteiger partial charge < -0.3 is 5.73 Å². The summed E-state index contributed by atoms with van der Waals surface area (Å²) in [5, 5.41) is 0. The van der Waals surface area contributed by atoms with Gasteiger partial charge >= 0.3 is 0 Å². The second-order valence-corrected chi connectivity index (χ2v) is 4.95. The molecule has 0 aromatic heterocycles. The van der Waals surface area contributed by atoms with E-state index in [1.54, 1.807) is 0 Å². The zero-order valence-corrected chi connectivity index (χ0v) is 8.93. The van der Waals surface area contributed by atoms with Gasteiger partial charge in [0.25, 0.3) is 0 Å². The topological polar surface area (TPSA) is 43.1 Å². The van der Waals surface area contributed by atoms with Crippen LogP contribution in [0.5, 0.6) is 0 Å². The molecule has 1 amide bonds. The van der Waals surface area contributed by atoms with E-state index in [-0.39, 0.29) is 11.3 Å². The molecule has 0 bridgehead atoms. The summed E-state index contributed by atoms with van der Waals surface area (Å²) in [6.45, 7) is 2.19. The van der Waals surface area contributed by atoms with Crippen molar-refractivity contribution in [3.8, 4) is 0 Å². The molecule has 74 valence electrons. The van der Waals surface area contributed by atoms with Crippen molar-refractivity contribution in [2.45, 2.75) is 12.3 Å². The Morgan fingerprint density at radius 1 is 1.43 bits per heavy atom.